The van der Waals surface area contributed by atoms with Crippen molar-refractivity contribution in [3.8, 4) is 5.75 Å². The normalized spacial score (nSPS) is 17.7. The van der Waals surface area contributed by atoms with Crippen molar-refractivity contribution in [1.82, 2.24) is 5.32 Å². The van der Waals surface area contributed by atoms with E-state index in [4.69, 9.17) is 11.6 Å². The van der Waals surface area contributed by atoms with Crippen molar-refractivity contribution in [2.75, 3.05) is 12.4 Å². The number of benzene rings is 1. The molecule has 1 aromatic rings. The molecule has 4 heteroatoms. The van der Waals surface area contributed by atoms with Crippen LogP contribution in [-0.2, 0) is 0 Å². The van der Waals surface area contributed by atoms with Gasteiger partial charge >= 0.3 is 0 Å². The Balaban J connectivity index is 1.98. The molecule has 0 unspecified atom stereocenters. The zero-order valence-electron chi connectivity index (χ0n) is 11.9. The van der Waals surface area contributed by atoms with E-state index in [0.717, 1.165) is 18.4 Å². The van der Waals surface area contributed by atoms with Crippen molar-refractivity contribution in [2.45, 2.75) is 39.0 Å². The van der Waals surface area contributed by atoms with Gasteiger partial charge in [0.05, 0.1) is 0 Å². The van der Waals surface area contributed by atoms with Gasteiger partial charge in [-0.1, -0.05) is 25.3 Å². The van der Waals surface area contributed by atoms with Crippen LogP contribution in [0, 0.1) is 12.3 Å². The van der Waals surface area contributed by atoms with Crippen molar-refractivity contribution in [3.63, 3.8) is 0 Å². The Bertz CT molecular complexity index is 481. The lowest BCUT2D eigenvalue weighted by Crippen LogP contribution is -2.40. The maximum Gasteiger partial charge on any atom is 0.251 e. The Labute approximate surface area is 125 Å². The van der Waals surface area contributed by atoms with Crippen LogP contribution in [0.3, 0.4) is 0 Å². The summed E-state index contributed by atoms with van der Waals surface area (Å²) in [5.74, 6) is 0.602. The van der Waals surface area contributed by atoms with Crippen LogP contribution in [0.15, 0.2) is 18.2 Å². The molecular formula is C16H22ClNO2. The van der Waals surface area contributed by atoms with Gasteiger partial charge in [-0.3, -0.25) is 4.79 Å². The number of phenolic OH excluding ortho intramolecular Hbond substituents is 1. The molecule has 3 nitrogen and oxygen atoms in total. The minimum atomic E-state index is -0.143. The molecule has 1 amide bonds. The van der Waals surface area contributed by atoms with Gasteiger partial charge < -0.3 is 10.4 Å². The second kappa shape index (κ2) is 6.49. The van der Waals surface area contributed by atoms with Gasteiger partial charge in [-0.25, -0.2) is 0 Å². The topological polar surface area (TPSA) is 49.3 Å². The molecule has 110 valence electrons. The Morgan fingerprint density at radius 2 is 2.05 bits per heavy atom. The van der Waals surface area contributed by atoms with Gasteiger partial charge in [-0.15, -0.1) is 11.6 Å². The van der Waals surface area contributed by atoms with Crippen LogP contribution >= 0.6 is 11.6 Å². The summed E-state index contributed by atoms with van der Waals surface area (Å²) in [6.45, 7) is 2.42. The first-order chi connectivity index (χ1) is 9.56. The summed E-state index contributed by atoms with van der Waals surface area (Å²) >= 11 is 6.12. The molecule has 0 spiro atoms. The Morgan fingerprint density at radius 1 is 1.35 bits per heavy atom. The van der Waals surface area contributed by atoms with Crippen LogP contribution in [0.4, 0.5) is 0 Å². The first-order valence-electron chi connectivity index (χ1n) is 7.20. The number of hydrogen-bond donors (Lipinski definition) is 2. The maximum absolute atomic E-state index is 12.1. The average molecular weight is 296 g/mol. The fourth-order valence-electron chi connectivity index (χ4n) is 2.78. The molecule has 0 heterocycles. The number of aryl methyl sites for hydroxylation is 1. The number of nitrogens with one attached hydrogen (secondary N) is 1. The van der Waals surface area contributed by atoms with E-state index in [9.17, 15) is 9.90 Å². The van der Waals surface area contributed by atoms with E-state index in [1.54, 1.807) is 12.1 Å². The molecule has 1 aromatic carbocycles. The van der Waals surface area contributed by atoms with Crippen LogP contribution in [0.2, 0.25) is 0 Å². The summed E-state index contributed by atoms with van der Waals surface area (Å²) < 4.78 is 0. The van der Waals surface area contributed by atoms with Gasteiger partial charge in [0, 0.05) is 23.4 Å². The van der Waals surface area contributed by atoms with E-state index >= 15 is 0 Å². The summed E-state index contributed by atoms with van der Waals surface area (Å²) in [6, 6.07) is 5.00. The van der Waals surface area contributed by atoms with Crippen molar-refractivity contribution >= 4 is 17.5 Å². The summed E-state index contributed by atoms with van der Waals surface area (Å²) in [6.07, 6.45) is 5.80. The molecule has 0 atom stereocenters. The highest BCUT2D eigenvalue weighted by Crippen LogP contribution is 2.36. The number of aromatic hydroxyl groups is 1. The summed E-state index contributed by atoms with van der Waals surface area (Å²) in [5.41, 5.74) is 1.31. The van der Waals surface area contributed by atoms with Crippen molar-refractivity contribution in [2.24, 2.45) is 5.41 Å². The van der Waals surface area contributed by atoms with Crippen LogP contribution < -0.4 is 5.32 Å². The molecule has 0 radical (unpaired) electrons. The number of alkyl halides is 1. The highest BCUT2D eigenvalue weighted by atomic mass is 35.5. The summed E-state index contributed by atoms with van der Waals surface area (Å²) in [7, 11) is 0. The number of rotatable bonds is 4. The highest BCUT2D eigenvalue weighted by Gasteiger charge is 2.31. The third kappa shape index (κ3) is 3.45. The predicted molar refractivity (Wildman–Crippen MR) is 81.4 cm³/mol. The number of phenols is 1. The zero-order chi connectivity index (χ0) is 14.6. The second-order valence-corrected chi connectivity index (χ2v) is 6.15. The number of hydrogen-bond acceptors (Lipinski definition) is 2. The molecule has 1 fully saturated rings. The fraction of sp³-hybridized carbons (Fsp3) is 0.562. The second-order valence-electron chi connectivity index (χ2n) is 5.88. The molecule has 0 aliphatic heterocycles. The van der Waals surface area contributed by atoms with Crippen LogP contribution in [0.1, 0.15) is 48.0 Å². The smallest absolute Gasteiger partial charge is 0.251 e. The molecular weight excluding hydrogens is 274 g/mol. The monoisotopic (exact) mass is 295 g/mol. The molecule has 1 aliphatic rings. The minimum Gasteiger partial charge on any atom is -0.508 e. The van der Waals surface area contributed by atoms with Gasteiger partial charge in [0.15, 0.2) is 0 Å². The van der Waals surface area contributed by atoms with E-state index in [-0.39, 0.29) is 17.1 Å². The van der Waals surface area contributed by atoms with Gasteiger partial charge in [0.25, 0.3) is 5.91 Å². The van der Waals surface area contributed by atoms with E-state index < -0.39 is 0 Å². The van der Waals surface area contributed by atoms with Crippen molar-refractivity contribution < 1.29 is 9.90 Å². The minimum absolute atomic E-state index is 0.0439. The van der Waals surface area contributed by atoms with E-state index in [2.05, 4.69) is 5.32 Å². The molecule has 0 aromatic heterocycles. The molecule has 2 rings (SSSR count). The van der Waals surface area contributed by atoms with Gasteiger partial charge in [-0.05, 0) is 37.5 Å². The largest absolute Gasteiger partial charge is 0.508 e. The summed E-state index contributed by atoms with van der Waals surface area (Å²) in [4.78, 5) is 12.1. The maximum atomic E-state index is 12.1. The predicted octanol–water partition coefficient (Wildman–Crippen LogP) is 3.62. The molecule has 0 saturated heterocycles. The van der Waals surface area contributed by atoms with Gasteiger partial charge in [-0.2, -0.15) is 0 Å². The first-order valence-corrected chi connectivity index (χ1v) is 7.74. The van der Waals surface area contributed by atoms with Crippen molar-refractivity contribution in [1.29, 1.82) is 0 Å². The third-order valence-electron chi connectivity index (χ3n) is 4.29. The van der Waals surface area contributed by atoms with Crippen LogP contribution in [0.5, 0.6) is 5.75 Å². The van der Waals surface area contributed by atoms with Gasteiger partial charge in [0.1, 0.15) is 5.75 Å². The number of carbonyl (C=O) groups is 1. The number of amides is 1. The molecule has 1 aliphatic carbocycles. The Kier molecular flexibility index (Phi) is 4.92. The quantitative estimate of drug-likeness (QED) is 0.834. The summed E-state index contributed by atoms with van der Waals surface area (Å²) in [5, 5.41) is 12.6. The van der Waals surface area contributed by atoms with Crippen LogP contribution in [0.25, 0.3) is 0 Å². The lowest BCUT2D eigenvalue weighted by molar-refractivity contribution is 0.0920. The Hall–Kier alpha value is -1.22. The third-order valence-corrected chi connectivity index (χ3v) is 4.86. The van der Waals surface area contributed by atoms with Gasteiger partial charge in [0.2, 0.25) is 0 Å². The zero-order valence-corrected chi connectivity index (χ0v) is 12.7. The highest BCUT2D eigenvalue weighted by molar-refractivity contribution is 6.18. The number of halogens is 1. The van der Waals surface area contributed by atoms with Crippen molar-refractivity contribution in [3.05, 3.63) is 29.3 Å². The Morgan fingerprint density at radius 3 is 2.65 bits per heavy atom. The van der Waals surface area contributed by atoms with E-state index in [1.807, 2.05) is 6.92 Å². The molecule has 20 heavy (non-hydrogen) atoms. The lowest BCUT2D eigenvalue weighted by Gasteiger charge is -2.35. The first kappa shape index (κ1) is 15.2. The molecule has 0 bridgehead atoms. The fourth-order valence-corrected chi connectivity index (χ4v) is 3.14. The SMILES string of the molecule is Cc1ccc(C(=O)NCC2(CCl)CCCCC2)cc1O. The van der Waals surface area contributed by atoms with E-state index in [0.29, 0.717) is 18.0 Å². The number of carbonyl (C=O) groups excluding carboxylic acids is 1. The van der Waals surface area contributed by atoms with E-state index in [1.165, 1.54) is 25.3 Å². The standard InChI is InChI=1S/C16H22ClNO2/c1-12-5-6-13(9-14(12)19)15(20)18-11-16(10-17)7-3-2-4-8-16/h5-6,9,19H,2-4,7-8,10-11H2,1H3,(H,18,20). The molecule has 1 saturated carbocycles. The molecule has 2 N–H and O–H groups in total. The lowest BCUT2D eigenvalue weighted by atomic mass is 9.75. The van der Waals surface area contributed by atoms with Crippen LogP contribution in [-0.4, -0.2) is 23.4 Å². The average Bonchev–Trinajstić information content (AvgIpc) is 2.48.